The van der Waals surface area contributed by atoms with E-state index < -0.39 is 17.6 Å². The summed E-state index contributed by atoms with van der Waals surface area (Å²) >= 11 is 0. The van der Waals surface area contributed by atoms with Gasteiger partial charge in [-0.1, -0.05) is 19.9 Å². The summed E-state index contributed by atoms with van der Waals surface area (Å²) in [5.74, 6) is -0.745. The molecule has 0 spiro atoms. The first-order valence-corrected chi connectivity index (χ1v) is 6.95. The fraction of sp³-hybridized carbons (Fsp3) is 0.500. The third kappa shape index (κ3) is 4.93. The number of alkyl halides is 3. The number of benzene rings is 1. The molecule has 0 aliphatic rings. The zero-order valence-corrected chi connectivity index (χ0v) is 12.9. The lowest BCUT2D eigenvalue weighted by atomic mass is 10.1. The molecule has 22 heavy (non-hydrogen) atoms. The Balaban J connectivity index is 2.93. The molecule has 0 unspecified atom stereocenters. The molecule has 0 bridgehead atoms. The number of rotatable bonds is 7. The van der Waals surface area contributed by atoms with E-state index in [9.17, 15) is 17.6 Å². The first kappa shape index (κ1) is 18.3. The van der Waals surface area contributed by atoms with Gasteiger partial charge in [-0.25, -0.2) is 4.39 Å². The highest BCUT2D eigenvalue weighted by atomic mass is 19.4. The normalized spacial score (nSPS) is 12.1. The maximum absolute atomic E-state index is 13.6. The summed E-state index contributed by atoms with van der Waals surface area (Å²) in [6.07, 6.45) is -2.85. The van der Waals surface area contributed by atoms with Crippen LogP contribution in [0.15, 0.2) is 24.8 Å². The first-order valence-electron chi connectivity index (χ1n) is 6.95. The minimum atomic E-state index is -4.58. The quantitative estimate of drug-likeness (QED) is 0.384. The van der Waals surface area contributed by atoms with E-state index in [0.717, 1.165) is 38.8 Å². The molecule has 0 aromatic heterocycles. The molecule has 0 aliphatic heterocycles. The van der Waals surface area contributed by atoms with Gasteiger partial charge in [-0.05, 0) is 32.4 Å². The summed E-state index contributed by atoms with van der Waals surface area (Å²) in [6.45, 7) is 7.81. The van der Waals surface area contributed by atoms with Crippen molar-refractivity contribution in [1.29, 1.82) is 0 Å². The van der Waals surface area contributed by atoms with Gasteiger partial charge < -0.3 is 9.47 Å². The summed E-state index contributed by atoms with van der Waals surface area (Å²) in [7, 11) is 0. The molecule has 1 rings (SSSR count). The van der Waals surface area contributed by atoms with Crippen LogP contribution >= 0.6 is 0 Å². The van der Waals surface area contributed by atoms with Crippen LogP contribution in [0.3, 0.4) is 0 Å². The van der Waals surface area contributed by atoms with Crippen molar-refractivity contribution in [3.8, 4) is 5.75 Å². The van der Waals surface area contributed by atoms with Crippen LogP contribution in [0, 0.1) is 5.82 Å². The van der Waals surface area contributed by atoms with Gasteiger partial charge in [0.15, 0.2) is 5.60 Å². The van der Waals surface area contributed by atoms with Crippen LogP contribution in [0.1, 0.15) is 39.2 Å². The first-order chi connectivity index (χ1) is 10.1. The van der Waals surface area contributed by atoms with Crippen LogP contribution < -0.4 is 4.74 Å². The van der Waals surface area contributed by atoms with Crippen molar-refractivity contribution in [2.45, 2.75) is 45.4 Å². The Kier molecular flexibility index (Phi) is 5.85. The topological polar surface area (TPSA) is 18.5 Å². The molecule has 0 saturated heterocycles. The van der Waals surface area contributed by atoms with Crippen molar-refractivity contribution in [3.63, 3.8) is 0 Å². The lowest BCUT2D eigenvalue weighted by Crippen LogP contribution is -2.44. The summed E-state index contributed by atoms with van der Waals surface area (Å²) in [4.78, 5) is 0. The second-order valence-corrected chi connectivity index (χ2v) is 5.41. The minimum Gasteiger partial charge on any atom is -0.494 e. The van der Waals surface area contributed by atoms with E-state index in [-0.39, 0.29) is 17.1 Å². The Morgan fingerprint density at radius 2 is 1.82 bits per heavy atom. The molecular weight excluding hydrogens is 300 g/mol. The summed E-state index contributed by atoms with van der Waals surface area (Å²) in [5, 5.41) is 0. The van der Waals surface area contributed by atoms with E-state index in [0.29, 0.717) is 6.61 Å². The molecule has 6 heteroatoms. The van der Waals surface area contributed by atoms with Crippen molar-refractivity contribution in [3.05, 3.63) is 36.2 Å². The lowest BCUT2D eigenvalue weighted by Gasteiger charge is -2.29. The Bertz CT molecular complexity index is 521. The molecule has 0 atom stereocenters. The van der Waals surface area contributed by atoms with E-state index in [1.165, 1.54) is 6.07 Å². The van der Waals surface area contributed by atoms with Crippen LogP contribution in [-0.4, -0.2) is 18.4 Å². The largest absolute Gasteiger partial charge is 0.494 e. The molecule has 1 aromatic rings. The van der Waals surface area contributed by atoms with Gasteiger partial charge in [0.2, 0.25) is 0 Å². The average molecular weight is 320 g/mol. The molecular formula is C16H20F4O2. The van der Waals surface area contributed by atoms with Gasteiger partial charge >= 0.3 is 6.18 Å². The maximum atomic E-state index is 13.6. The average Bonchev–Trinajstić information content (AvgIpc) is 2.36. The molecule has 1 aromatic carbocycles. The molecule has 124 valence electrons. The van der Waals surface area contributed by atoms with E-state index in [4.69, 9.17) is 9.47 Å². The van der Waals surface area contributed by atoms with Gasteiger partial charge in [0.1, 0.15) is 17.3 Å². The van der Waals surface area contributed by atoms with E-state index in [2.05, 4.69) is 6.58 Å². The Labute approximate surface area is 127 Å². The van der Waals surface area contributed by atoms with Crippen LogP contribution in [0.4, 0.5) is 17.6 Å². The second-order valence-electron chi connectivity index (χ2n) is 5.41. The molecule has 0 saturated carbocycles. The van der Waals surface area contributed by atoms with Crippen molar-refractivity contribution in [1.82, 2.24) is 0 Å². The molecule has 0 radical (unpaired) electrons. The number of hydrogen-bond donors (Lipinski definition) is 0. The molecule has 0 aliphatic carbocycles. The number of hydrogen-bond acceptors (Lipinski definition) is 2. The van der Waals surface area contributed by atoms with Gasteiger partial charge in [-0.3, -0.25) is 0 Å². The summed E-state index contributed by atoms with van der Waals surface area (Å²) in [6, 6.07) is 3.32. The lowest BCUT2D eigenvalue weighted by molar-refractivity contribution is -0.234. The Morgan fingerprint density at radius 1 is 1.18 bits per heavy atom. The summed E-state index contributed by atoms with van der Waals surface area (Å²) < 4.78 is 62.3. The fourth-order valence-corrected chi connectivity index (χ4v) is 1.56. The van der Waals surface area contributed by atoms with Crippen LogP contribution in [-0.2, 0) is 4.74 Å². The molecule has 0 amide bonds. The zero-order valence-electron chi connectivity index (χ0n) is 12.9. The number of unbranched alkanes of at least 4 members (excludes halogenated alkanes) is 1. The van der Waals surface area contributed by atoms with Gasteiger partial charge in [0.25, 0.3) is 0 Å². The highest BCUT2D eigenvalue weighted by molar-refractivity contribution is 5.59. The molecule has 2 nitrogen and oxygen atoms in total. The van der Waals surface area contributed by atoms with Gasteiger partial charge in [0.05, 0.1) is 6.61 Å². The number of halogens is 4. The van der Waals surface area contributed by atoms with Crippen LogP contribution in [0.2, 0.25) is 0 Å². The van der Waals surface area contributed by atoms with Gasteiger partial charge in [-0.2, -0.15) is 13.2 Å². The number of ether oxygens (including phenoxy) is 2. The predicted molar refractivity (Wildman–Crippen MR) is 77.1 cm³/mol. The monoisotopic (exact) mass is 320 g/mol. The predicted octanol–water partition coefficient (Wildman–Crippen LogP) is 5.33. The highest BCUT2D eigenvalue weighted by Gasteiger charge is 2.49. The van der Waals surface area contributed by atoms with Crippen molar-refractivity contribution in [2.24, 2.45) is 0 Å². The van der Waals surface area contributed by atoms with Gasteiger partial charge in [0, 0.05) is 11.6 Å². The van der Waals surface area contributed by atoms with Crippen LogP contribution in [0.5, 0.6) is 5.75 Å². The summed E-state index contributed by atoms with van der Waals surface area (Å²) in [5.41, 5.74) is -2.17. The van der Waals surface area contributed by atoms with Gasteiger partial charge in [-0.15, -0.1) is 0 Å². The standard InChI is InChI=1S/C16H20F4O2/c1-5-6-7-21-11(2)12-8-13(17)10-14(9-12)22-15(3,4)16(18,19)20/h8-10H,2,5-7H2,1,3-4H3. The van der Waals surface area contributed by atoms with E-state index in [1.54, 1.807) is 0 Å². The van der Waals surface area contributed by atoms with Crippen molar-refractivity contribution in [2.75, 3.05) is 6.61 Å². The molecule has 0 fully saturated rings. The van der Waals surface area contributed by atoms with E-state index >= 15 is 0 Å². The highest BCUT2D eigenvalue weighted by Crippen LogP contribution is 2.35. The maximum Gasteiger partial charge on any atom is 0.427 e. The SMILES string of the molecule is C=C(OCCCC)c1cc(F)cc(OC(C)(C)C(F)(F)F)c1. The third-order valence-electron chi connectivity index (χ3n) is 3.02. The third-order valence-corrected chi connectivity index (χ3v) is 3.02. The Morgan fingerprint density at radius 3 is 2.36 bits per heavy atom. The smallest absolute Gasteiger partial charge is 0.427 e. The van der Waals surface area contributed by atoms with Crippen molar-refractivity contribution >= 4 is 5.76 Å². The van der Waals surface area contributed by atoms with E-state index in [1.807, 2.05) is 6.92 Å². The minimum absolute atomic E-state index is 0.197. The van der Waals surface area contributed by atoms with Crippen molar-refractivity contribution < 1.29 is 27.0 Å². The molecule has 0 N–H and O–H groups in total. The van der Waals surface area contributed by atoms with Crippen LogP contribution in [0.25, 0.3) is 5.76 Å². The molecule has 0 heterocycles. The Hall–Kier alpha value is -1.72. The fourth-order valence-electron chi connectivity index (χ4n) is 1.56. The second kappa shape index (κ2) is 7.03. The zero-order chi connectivity index (χ0) is 17.0.